The van der Waals surface area contributed by atoms with E-state index in [1.165, 1.54) is 12.5 Å². The molecule has 3 heterocycles. The van der Waals surface area contributed by atoms with Crippen LogP contribution in [0.25, 0.3) is 11.5 Å². The van der Waals surface area contributed by atoms with Crippen LogP contribution in [0.3, 0.4) is 0 Å². The van der Waals surface area contributed by atoms with Gasteiger partial charge in [-0.15, -0.1) is 10.2 Å². The van der Waals surface area contributed by atoms with E-state index in [0.717, 1.165) is 55.8 Å². The van der Waals surface area contributed by atoms with Gasteiger partial charge in [-0.05, 0) is 62.5 Å². The maximum atomic E-state index is 14.4. The van der Waals surface area contributed by atoms with Crippen LogP contribution in [-0.2, 0) is 0 Å². The Balaban J connectivity index is 1.06. The average molecular weight is 472 g/mol. The molecular formula is C24H27ClFN5O2. The lowest BCUT2D eigenvalue weighted by Crippen LogP contribution is -2.35. The molecule has 1 aliphatic heterocycles. The minimum absolute atomic E-state index is 0.182. The zero-order valence-corrected chi connectivity index (χ0v) is 19.6. The highest BCUT2D eigenvalue weighted by Crippen LogP contribution is 2.50. The fourth-order valence-electron chi connectivity index (χ4n) is 4.79. The highest BCUT2D eigenvalue weighted by atomic mass is 35.5. The second-order valence-corrected chi connectivity index (χ2v) is 9.40. The van der Waals surface area contributed by atoms with E-state index in [9.17, 15) is 4.39 Å². The lowest BCUT2D eigenvalue weighted by molar-refractivity contribution is 0.283. The van der Waals surface area contributed by atoms with E-state index < -0.39 is 5.82 Å². The quantitative estimate of drug-likeness (QED) is 0.465. The molecule has 2 atom stereocenters. The van der Waals surface area contributed by atoms with Crippen LogP contribution in [0, 0.1) is 37.4 Å². The summed E-state index contributed by atoms with van der Waals surface area (Å²) in [6.45, 7) is 6.15. The van der Waals surface area contributed by atoms with Gasteiger partial charge in [-0.3, -0.25) is 0 Å². The third-order valence-electron chi connectivity index (χ3n) is 6.77. The summed E-state index contributed by atoms with van der Waals surface area (Å²) >= 11 is 6.05. The first kappa shape index (κ1) is 22.1. The molecule has 1 saturated carbocycles. The molecule has 0 N–H and O–H groups in total. The molecule has 0 amide bonds. The van der Waals surface area contributed by atoms with E-state index in [1.807, 2.05) is 6.92 Å². The van der Waals surface area contributed by atoms with Crippen LogP contribution in [0.15, 0.2) is 28.8 Å². The van der Waals surface area contributed by atoms with Crippen molar-refractivity contribution in [2.75, 3.05) is 24.6 Å². The van der Waals surface area contributed by atoms with E-state index >= 15 is 0 Å². The van der Waals surface area contributed by atoms with Crippen LogP contribution in [-0.4, -0.2) is 39.9 Å². The first-order valence-electron chi connectivity index (χ1n) is 11.4. The largest absolute Gasteiger partial charge is 0.493 e. The third kappa shape index (κ3) is 4.95. The van der Waals surface area contributed by atoms with Crippen LogP contribution in [0.1, 0.15) is 37.3 Å². The average Bonchev–Trinajstić information content (AvgIpc) is 3.46. The molecule has 2 aromatic heterocycles. The zero-order valence-electron chi connectivity index (χ0n) is 18.8. The Morgan fingerprint density at radius 2 is 2.03 bits per heavy atom. The molecule has 7 nitrogen and oxygen atoms in total. The lowest BCUT2D eigenvalue weighted by atomic mass is 9.90. The summed E-state index contributed by atoms with van der Waals surface area (Å²) in [5.41, 5.74) is 1.11. The highest BCUT2D eigenvalue weighted by molar-refractivity contribution is 6.31. The molecule has 0 spiro atoms. The topological polar surface area (TPSA) is 77.2 Å². The molecule has 1 aliphatic carbocycles. The number of aromatic nitrogens is 4. The molecule has 0 radical (unpaired) electrons. The van der Waals surface area contributed by atoms with Crippen LogP contribution in [0.2, 0.25) is 5.02 Å². The van der Waals surface area contributed by atoms with E-state index in [4.69, 9.17) is 20.8 Å². The van der Waals surface area contributed by atoms with Gasteiger partial charge in [0, 0.05) is 26.1 Å². The minimum Gasteiger partial charge on any atom is -0.493 e. The van der Waals surface area contributed by atoms with Gasteiger partial charge < -0.3 is 14.1 Å². The van der Waals surface area contributed by atoms with Crippen molar-refractivity contribution in [2.45, 2.75) is 39.5 Å². The monoisotopic (exact) mass is 471 g/mol. The van der Waals surface area contributed by atoms with Crippen molar-refractivity contribution in [3.05, 3.63) is 46.8 Å². The van der Waals surface area contributed by atoms with Gasteiger partial charge in [0.25, 0.3) is 5.89 Å². The number of hydrogen-bond acceptors (Lipinski definition) is 7. The Hall–Kier alpha value is -2.74. The number of piperidine rings is 1. The van der Waals surface area contributed by atoms with Crippen molar-refractivity contribution in [1.82, 2.24) is 20.2 Å². The summed E-state index contributed by atoms with van der Waals surface area (Å²) in [5, 5.41) is 8.22. The van der Waals surface area contributed by atoms with Gasteiger partial charge in [0.15, 0.2) is 0 Å². The highest BCUT2D eigenvalue weighted by Gasteiger charge is 2.43. The molecule has 1 aromatic carbocycles. The van der Waals surface area contributed by atoms with Crippen LogP contribution < -0.4 is 9.64 Å². The Morgan fingerprint density at radius 3 is 2.73 bits per heavy atom. The SMILES string of the molecule is Cc1nnc(-c2ccc(OCC[C@H]3C[C@H]3C3CCN(c4ncc(Cl)c(C)n4)CC3)cc2F)o1. The standard InChI is InChI=1S/C24H27ClFN5O2/c1-14-21(25)13-27-24(28-14)31-8-5-16(6-9-31)20-11-17(20)7-10-32-18-3-4-19(22(26)12-18)23-30-29-15(2)33-23/h3-4,12-13,16-17,20H,5-11H2,1-2H3/t17-,20-/m0/s1. The number of ether oxygens (including phenoxy) is 1. The van der Waals surface area contributed by atoms with Gasteiger partial charge in [0.05, 0.1) is 29.1 Å². The number of anilines is 1. The minimum atomic E-state index is -0.424. The summed E-state index contributed by atoms with van der Waals surface area (Å²) in [6.07, 6.45) is 6.27. The van der Waals surface area contributed by atoms with Gasteiger partial charge in [0.1, 0.15) is 11.6 Å². The lowest BCUT2D eigenvalue weighted by Gasteiger charge is -2.32. The first-order chi connectivity index (χ1) is 16.0. The number of rotatable bonds is 7. The van der Waals surface area contributed by atoms with Crippen molar-refractivity contribution < 1.29 is 13.5 Å². The summed E-state index contributed by atoms with van der Waals surface area (Å²) in [7, 11) is 0. The molecule has 0 bridgehead atoms. The molecule has 3 aromatic rings. The molecule has 9 heteroatoms. The molecule has 33 heavy (non-hydrogen) atoms. The Bertz CT molecular complexity index is 1130. The molecular weight excluding hydrogens is 445 g/mol. The normalized spacial score (nSPS) is 20.8. The predicted molar refractivity (Wildman–Crippen MR) is 123 cm³/mol. The van der Waals surface area contributed by atoms with E-state index in [2.05, 4.69) is 25.1 Å². The van der Waals surface area contributed by atoms with Crippen LogP contribution in [0.5, 0.6) is 5.75 Å². The van der Waals surface area contributed by atoms with E-state index in [1.54, 1.807) is 25.3 Å². The van der Waals surface area contributed by atoms with E-state index in [0.29, 0.717) is 29.2 Å². The Morgan fingerprint density at radius 1 is 1.21 bits per heavy atom. The Kier molecular flexibility index (Phi) is 6.19. The van der Waals surface area contributed by atoms with Crippen LogP contribution >= 0.6 is 11.6 Å². The van der Waals surface area contributed by atoms with Crippen LogP contribution in [0.4, 0.5) is 10.3 Å². The number of nitrogens with zero attached hydrogens (tertiary/aromatic N) is 5. The van der Waals surface area contributed by atoms with Gasteiger partial charge in [-0.25, -0.2) is 14.4 Å². The van der Waals surface area contributed by atoms with Crippen molar-refractivity contribution in [3.63, 3.8) is 0 Å². The van der Waals surface area contributed by atoms with Gasteiger partial charge >= 0.3 is 0 Å². The fraction of sp³-hybridized carbons (Fsp3) is 0.500. The maximum absolute atomic E-state index is 14.4. The second-order valence-electron chi connectivity index (χ2n) is 8.99. The summed E-state index contributed by atoms with van der Waals surface area (Å²) in [5.74, 6) is 3.68. The smallest absolute Gasteiger partial charge is 0.250 e. The van der Waals surface area contributed by atoms with E-state index in [-0.39, 0.29) is 11.5 Å². The molecule has 2 fully saturated rings. The fourth-order valence-corrected chi connectivity index (χ4v) is 4.88. The Labute approximate surface area is 197 Å². The van der Waals surface area contributed by atoms with Gasteiger partial charge in [-0.2, -0.15) is 0 Å². The summed E-state index contributed by atoms with van der Waals surface area (Å²) in [4.78, 5) is 11.2. The first-order valence-corrected chi connectivity index (χ1v) is 11.8. The molecule has 1 saturated heterocycles. The third-order valence-corrected chi connectivity index (χ3v) is 7.14. The number of benzene rings is 1. The number of aryl methyl sites for hydroxylation is 2. The maximum Gasteiger partial charge on any atom is 0.250 e. The van der Waals surface area contributed by atoms with Crippen molar-refractivity contribution in [1.29, 1.82) is 0 Å². The van der Waals surface area contributed by atoms with Crippen molar-refractivity contribution in [3.8, 4) is 17.2 Å². The molecule has 5 rings (SSSR count). The molecule has 2 aliphatic rings. The molecule has 0 unspecified atom stereocenters. The van der Waals surface area contributed by atoms with Gasteiger partial charge in [-0.1, -0.05) is 11.6 Å². The summed E-state index contributed by atoms with van der Waals surface area (Å²) in [6, 6.07) is 4.76. The van der Waals surface area contributed by atoms with Crippen molar-refractivity contribution >= 4 is 17.5 Å². The predicted octanol–water partition coefficient (Wildman–Crippen LogP) is 5.26. The van der Waals surface area contributed by atoms with Gasteiger partial charge in [0.2, 0.25) is 11.8 Å². The number of halogens is 2. The second kappa shape index (κ2) is 9.25. The van der Waals surface area contributed by atoms with Crippen molar-refractivity contribution in [2.24, 2.45) is 17.8 Å². The summed E-state index contributed by atoms with van der Waals surface area (Å²) < 4.78 is 25.5. The number of hydrogen-bond donors (Lipinski definition) is 0. The zero-order chi connectivity index (χ0) is 22.9. The molecule has 174 valence electrons.